The summed E-state index contributed by atoms with van der Waals surface area (Å²) in [5.41, 5.74) is 4.44. The molecule has 140 valence electrons. The maximum atomic E-state index is 12.3. The average molecular weight is 401 g/mol. The van der Waals surface area contributed by atoms with Crippen LogP contribution in [-0.4, -0.2) is 16.6 Å². The van der Waals surface area contributed by atoms with Gasteiger partial charge in [0.15, 0.2) is 5.43 Å². The number of H-pyrrole nitrogens is 1. The van der Waals surface area contributed by atoms with Gasteiger partial charge in [-0.1, -0.05) is 30.7 Å². The molecule has 1 amide bonds. The summed E-state index contributed by atoms with van der Waals surface area (Å²) >= 11 is 7.52. The van der Waals surface area contributed by atoms with Crippen molar-refractivity contribution in [3.05, 3.63) is 74.5 Å². The smallest absolute Gasteiger partial charge is 0.234 e. The van der Waals surface area contributed by atoms with E-state index in [-0.39, 0.29) is 11.3 Å². The van der Waals surface area contributed by atoms with E-state index in [9.17, 15) is 9.59 Å². The molecule has 0 saturated heterocycles. The minimum Gasteiger partial charge on any atom is -0.357 e. The normalized spacial score (nSPS) is 10.9. The van der Waals surface area contributed by atoms with Gasteiger partial charge in [0.25, 0.3) is 0 Å². The Hall–Kier alpha value is -2.24. The van der Waals surface area contributed by atoms with Gasteiger partial charge in [-0.05, 0) is 48.7 Å². The van der Waals surface area contributed by atoms with Crippen molar-refractivity contribution >= 4 is 45.9 Å². The number of aromatic nitrogens is 1. The number of rotatable bonds is 6. The van der Waals surface area contributed by atoms with Gasteiger partial charge in [0.05, 0.1) is 5.75 Å². The zero-order valence-electron chi connectivity index (χ0n) is 15.3. The molecule has 0 radical (unpaired) electrons. The Kier molecular flexibility index (Phi) is 6.24. The van der Waals surface area contributed by atoms with Crippen molar-refractivity contribution in [1.82, 2.24) is 4.98 Å². The third-order valence-corrected chi connectivity index (χ3v) is 5.69. The first kappa shape index (κ1) is 19.5. The summed E-state index contributed by atoms with van der Waals surface area (Å²) in [7, 11) is 0. The molecule has 1 heterocycles. The molecule has 0 spiro atoms. The summed E-state index contributed by atoms with van der Waals surface area (Å²) in [5.74, 6) is 0.749. The fourth-order valence-electron chi connectivity index (χ4n) is 2.77. The SMILES string of the molecule is CCc1ccc2[nH]c(CSCC(=O)Nc3ccc(C)c(Cl)c3)cc(=O)c2c1. The number of hydrogen-bond acceptors (Lipinski definition) is 3. The third kappa shape index (κ3) is 4.93. The predicted octanol–water partition coefficient (Wildman–Crippen LogP) is 4.92. The van der Waals surface area contributed by atoms with Crippen LogP contribution in [0.5, 0.6) is 0 Å². The highest BCUT2D eigenvalue weighted by molar-refractivity contribution is 7.99. The Bertz CT molecular complexity index is 1050. The van der Waals surface area contributed by atoms with Gasteiger partial charge >= 0.3 is 0 Å². The average Bonchev–Trinajstić information content (AvgIpc) is 2.64. The number of benzene rings is 2. The Morgan fingerprint density at radius 3 is 2.74 bits per heavy atom. The first-order valence-electron chi connectivity index (χ1n) is 8.75. The lowest BCUT2D eigenvalue weighted by Crippen LogP contribution is -2.14. The van der Waals surface area contributed by atoms with Crippen LogP contribution in [0.4, 0.5) is 5.69 Å². The fraction of sp³-hybridized carbons (Fsp3) is 0.238. The summed E-state index contributed by atoms with van der Waals surface area (Å²) in [6.45, 7) is 3.98. The van der Waals surface area contributed by atoms with Crippen LogP contribution >= 0.6 is 23.4 Å². The van der Waals surface area contributed by atoms with Gasteiger partial charge in [-0.3, -0.25) is 9.59 Å². The molecule has 1 aromatic heterocycles. The quantitative estimate of drug-likeness (QED) is 0.617. The Labute approximate surface area is 167 Å². The molecule has 0 fully saturated rings. The lowest BCUT2D eigenvalue weighted by atomic mass is 10.1. The zero-order valence-corrected chi connectivity index (χ0v) is 16.8. The minimum atomic E-state index is -0.101. The van der Waals surface area contributed by atoms with E-state index in [4.69, 9.17) is 11.6 Å². The van der Waals surface area contributed by atoms with Crippen LogP contribution in [0.3, 0.4) is 0 Å². The van der Waals surface area contributed by atoms with Crippen molar-refractivity contribution in [2.75, 3.05) is 11.1 Å². The van der Waals surface area contributed by atoms with Crippen molar-refractivity contribution in [2.45, 2.75) is 26.0 Å². The molecule has 0 aliphatic heterocycles. The van der Waals surface area contributed by atoms with Gasteiger partial charge in [0, 0.05) is 39.1 Å². The number of thioether (sulfide) groups is 1. The van der Waals surface area contributed by atoms with Crippen LogP contribution < -0.4 is 10.7 Å². The molecule has 0 aliphatic rings. The predicted molar refractivity (Wildman–Crippen MR) is 115 cm³/mol. The van der Waals surface area contributed by atoms with E-state index in [2.05, 4.69) is 17.2 Å². The van der Waals surface area contributed by atoms with Crippen LogP contribution in [0.1, 0.15) is 23.7 Å². The zero-order chi connectivity index (χ0) is 19.4. The summed E-state index contributed by atoms with van der Waals surface area (Å²) in [5, 5.41) is 4.16. The van der Waals surface area contributed by atoms with E-state index >= 15 is 0 Å². The number of pyridine rings is 1. The lowest BCUT2D eigenvalue weighted by Gasteiger charge is -2.08. The molecule has 0 aliphatic carbocycles. The summed E-state index contributed by atoms with van der Waals surface area (Å²) in [4.78, 5) is 27.7. The molecular formula is C21H21ClN2O2S. The highest BCUT2D eigenvalue weighted by Gasteiger charge is 2.07. The molecule has 2 aromatic carbocycles. The van der Waals surface area contributed by atoms with Gasteiger partial charge in [-0.2, -0.15) is 0 Å². The maximum Gasteiger partial charge on any atom is 0.234 e. The van der Waals surface area contributed by atoms with Gasteiger partial charge in [0.1, 0.15) is 0 Å². The number of carbonyl (C=O) groups excluding carboxylic acids is 1. The van der Waals surface area contributed by atoms with E-state index in [0.29, 0.717) is 27.6 Å². The number of hydrogen-bond donors (Lipinski definition) is 2. The molecule has 0 bridgehead atoms. The fourth-order valence-corrected chi connectivity index (χ4v) is 3.68. The van der Waals surface area contributed by atoms with Crippen molar-refractivity contribution in [1.29, 1.82) is 0 Å². The molecule has 0 atom stereocenters. The number of halogens is 1. The second kappa shape index (κ2) is 8.63. The highest BCUT2D eigenvalue weighted by atomic mass is 35.5. The van der Waals surface area contributed by atoms with Crippen LogP contribution in [-0.2, 0) is 17.0 Å². The van der Waals surface area contributed by atoms with Crippen LogP contribution in [0.2, 0.25) is 5.02 Å². The number of nitrogens with one attached hydrogen (secondary N) is 2. The number of aromatic amines is 1. The first-order valence-corrected chi connectivity index (χ1v) is 10.3. The molecule has 0 unspecified atom stereocenters. The van der Waals surface area contributed by atoms with Crippen molar-refractivity contribution < 1.29 is 4.79 Å². The lowest BCUT2D eigenvalue weighted by molar-refractivity contribution is -0.113. The van der Waals surface area contributed by atoms with Crippen molar-refractivity contribution in [3.63, 3.8) is 0 Å². The van der Waals surface area contributed by atoms with E-state index in [0.717, 1.165) is 28.8 Å². The topological polar surface area (TPSA) is 62.0 Å². The number of aryl methyl sites for hydroxylation is 2. The number of fused-ring (bicyclic) bond motifs is 1. The summed E-state index contributed by atoms with van der Waals surface area (Å²) < 4.78 is 0. The summed E-state index contributed by atoms with van der Waals surface area (Å²) in [6.07, 6.45) is 0.897. The number of amides is 1. The highest BCUT2D eigenvalue weighted by Crippen LogP contribution is 2.20. The van der Waals surface area contributed by atoms with Crippen LogP contribution in [0, 0.1) is 6.92 Å². The minimum absolute atomic E-state index is 0.00778. The molecule has 6 heteroatoms. The summed E-state index contributed by atoms with van der Waals surface area (Å²) in [6, 6.07) is 13.0. The van der Waals surface area contributed by atoms with E-state index in [1.54, 1.807) is 12.1 Å². The molecule has 0 saturated carbocycles. The van der Waals surface area contributed by atoms with Gasteiger partial charge in [-0.25, -0.2) is 0 Å². The van der Waals surface area contributed by atoms with Gasteiger partial charge in [-0.15, -0.1) is 11.8 Å². The second-order valence-electron chi connectivity index (χ2n) is 6.40. The van der Waals surface area contributed by atoms with E-state index < -0.39 is 0 Å². The molecule has 3 rings (SSSR count). The molecular weight excluding hydrogens is 380 g/mol. The first-order chi connectivity index (χ1) is 13.0. The van der Waals surface area contributed by atoms with E-state index in [1.807, 2.05) is 37.3 Å². The standard InChI is InChI=1S/C21H21ClN2O2S/c1-3-14-5-7-19-17(8-14)20(25)10-16(23-19)11-27-12-21(26)24-15-6-4-13(2)18(22)9-15/h4-10H,3,11-12H2,1-2H3,(H,23,25)(H,24,26). The second-order valence-corrected chi connectivity index (χ2v) is 7.79. The molecule has 2 N–H and O–H groups in total. The monoisotopic (exact) mass is 400 g/mol. The van der Waals surface area contributed by atoms with Crippen LogP contribution in [0.15, 0.2) is 47.3 Å². The van der Waals surface area contributed by atoms with E-state index in [1.165, 1.54) is 11.8 Å². The van der Waals surface area contributed by atoms with Gasteiger partial charge < -0.3 is 10.3 Å². The Morgan fingerprint density at radius 2 is 2.00 bits per heavy atom. The molecule has 4 nitrogen and oxygen atoms in total. The number of anilines is 1. The Balaban J connectivity index is 1.60. The maximum absolute atomic E-state index is 12.3. The largest absolute Gasteiger partial charge is 0.357 e. The molecule has 27 heavy (non-hydrogen) atoms. The van der Waals surface area contributed by atoms with Crippen LogP contribution in [0.25, 0.3) is 10.9 Å². The number of carbonyl (C=O) groups is 1. The van der Waals surface area contributed by atoms with Crippen molar-refractivity contribution in [3.8, 4) is 0 Å². The van der Waals surface area contributed by atoms with Crippen molar-refractivity contribution in [2.24, 2.45) is 0 Å². The molecule has 3 aromatic rings. The third-order valence-electron chi connectivity index (χ3n) is 4.30. The Morgan fingerprint density at radius 1 is 1.19 bits per heavy atom. The van der Waals surface area contributed by atoms with Gasteiger partial charge in [0.2, 0.25) is 5.91 Å².